The summed E-state index contributed by atoms with van der Waals surface area (Å²) in [6.07, 6.45) is 0.917. The molecule has 1 fully saturated rings. The number of benzene rings is 2. The van der Waals surface area contributed by atoms with Crippen LogP contribution in [0.2, 0.25) is 0 Å². The molecule has 1 heterocycles. The summed E-state index contributed by atoms with van der Waals surface area (Å²) < 4.78 is 5.30. The lowest BCUT2D eigenvalue weighted by atomic mass is 9.88. The molecule has 0 aliphatic carbocycles. The first-order valence-corrected chi connectivity index (χ1v) is 10.5. The van der Waals surface area contributed by atoms with Crippen LogP contribution in [0.1, 0.15) is 62.4 Å². The van der Waals surface area contributed by atoms with Crippen molar-refractivity contribution in [1.29, 1.82) is 0 Å². The number of alkyl carbamates (subject to hydrolysis) is 1. The van der Waals surface area contributed by atoms with Crippen molar-refractivity contribution in [1.82, 2.24) is 10.2 Å². The zero-order valence-corrected chi connectivity index (χ0v) is 18.1. The Morgan fingerprint density at radius 1 is 1.20 bits per heavy atom. The van der Waals surface area contributed by atoms with Gasteiger partial charge in [0.1, 0.15) is 11.8 Å². The number of likely N-dealkylation sites (tertiary alicyclic amines) is 1. The van der Waals surface area contributed by atoms with Gasteiger partial charge >= 0.3 is 6.09 Å². The quantitative estimate of drug-likeness (QED) is 0.643. The molecule has 2 aromatic rings. The van der Waals surface area contributed by atoms with Gasteiger partial charge in [0.25, 0.3) is 0 Å². The van der Waals surface area contributed by atoms with E-state index in [2.05, 4.69) is 22.3 Å². The highest BCUT2D eigenvalue weighted by atomic mass is 16.6. The Morgan fingerprint density at radius 3 is 2.57 bits per heavy atom. The van der Waals surface area contributed by atoms with Crippen LogP contribution in [0.4, 0.5) is 10.5 Å². The predicted octanol–water partition coefficient (Wildman–Crippen LogP) is 4.16. The lowest BCUT2D eigenvalue weighted by molar-refractivity contribution is -0.0131. The molecule has 0 bridgehead atoms. The van der Waals surface area contributed by atoms with E-state index in [9.17, 15) is 9.90 Å². The van der Waals surface area contributed by atoms with Crippen molar-refractivity contribution < 1.29 is 14.6 Å². The molecule has 162 valence electrons. The summed E-state index contributed by atoms with van der Waals surface area (Å²) in [6.45, 7) is 7.63. The highest BCUT2D eigenvalue weighted by Crippen LogP contribution is 2.32. The molecule has 6 nitrogen and oxygen atoms in total. The fourth-order valence-electron chi connectivity index (χ4n) is 3.85. The summed E-state index contributed by atoms with van der Waals surface area (Å²) >= 11 is 0. The molecule has 4 N–H and O–H groups in total. The van der Waals surface area contributed by atoms with E-state index in [-0.39, 0.29) is 0 Å². The fourth-order valence-corrected chi connectivity index (χ4v) is 3.85. The van der Waals surface area contributed by atoms with Gasteiger partial charge in [0, 0.05) is 25.3 Å². The largest absolute Gasteiger partial charge is 0.444 e. The minimum atomic E-state index is -0.626. The van der Waals surface area contributed by atoms with Crippen LogP contribution in [0, 0.1) is 0 Å². The monoisotopic (exact) mass is 411 g/mol. The van der Waals surface area contributed by atoms with E-state index < -0.39 is 17.9 Å². The Bertz CT molecular complexity index is 855. The number of piperidine rings is 1. The molecule has 1 aliphatic heterocycles. The van der Waals surface area contributed by atoms with Crippen molar-refractivity contribution >= 4 is 11.8 Å². The standard InChI is InChI=1S/C24H33N3O3/c1-24(2,3)30-23(29)26-16-17-6-4-7-19(14-17)18-10-12-27(13-11-18)22(28)20-8-5-9-21(25)15-20/h4-9,14-15,18,22,28H,10-13,16,25H2,1-3H3,(H,26,29). The van der Waals surface area contributed by atoms with Gasteiger partial charge in [-0.15, -0.1) is 0 Å². The number of nitrogens with one attached hydrogen (secondary N) is 1. The molecule has 1 atom stereocenters. The minimum absolute atomic E-state index is 0.406. The van der Waals surface area contributed by atoms with Gasteiger partial charge in [-0.3, -0.25) is 4.90 Å². The fraction of sp³-hybridized carbons (Fsp3) is 0.458. The normalized spacial score (nSPS) is 16.8. The van der Waals surface area contributed by atoms with Crippen LogP contribution < -0.4 is 11.1 Å². The summed E-state index contributed by atoms with van der Waals surface area (Å²) in [5.41, 5.74) is 9.18. The molecule has 0 radical (unpaired) electrons. The van der Waals surface area contributed by atoms with E-state index in [0.29, 0.717) is 18.2 Å². The molecular weight excluding hydrogens is 378 g/mol. The summed E-state index contributed by atoms with van der Waals surface area (Å²) in [7, 11) is 0. The molecule has 2 aromatic carbocycles. The smallest absolute Gasteiger partial charge is 0.407 e. The zero-order valence-electron chi connectivity index (χ0n) is 18.1. The number of aliphatic hydroxyl groups excluding tert-OH is 1. The lowest BCUT2D eigenvalue weighted by Gasteiger charge is -2.35. The Morgan fingerprint density at radius 2 is 1.90 bits per heavy atom. The number of hydrogen-bond donors (Lipinski definition) is 3. The van der Waals surface area contributed by atoms with Gasteiger partial charge in [-0.25, -0.2) is 4.79 Å². The molecule has 1 saturated heterocycles. The van der Waals surface area contributed by atoms with Gasteiger partial charge in [0.15, 0.2) is 0 Å². The molecule has 3 rings (SSSR count). The second kappa shape index (κ2) is 9.49. The first kappa shape index (κ1) is 22.1. The number of nitrogens with zero attached hydrogens (tertiary/aromatic N) is 1. The van der Waals surface area contributed by atoms with Gasteiger partial charge in [0.2, 0.25) is 0 Å². The number of anilines is 1. The third-order valence-electron chi connectivity index (χ3n) is 5.34. The number of ether oxygens (including phenoxy) is 1. The molecule has 30 heavy (non-hydrogen) atoms. The van der Waals surface area contributed by atoms with E-state index in [1.54, 1.807) is 0 Å². The van der Waals surface area contributed by atoms with Gasteiger partial charge in [-0.1, -0.05) is 36.4 Å². The molecule has 0 spiro atoms. The molecule has 0 saturated carbocycles. The zero-order chi connectivity index (χ0) is 21.7. The third-order valence-corrected chi connectivity index (χ3v) is 5.34. The number of rotatable bonds is 5. The molecule has 1 unspecified atom stereocenters. The topological polar surface area (TPSA) is 87.8 Å². The molecular formula is C24H33N3O3. The van der Waals surface area contributed by atoms with Crippen molar-refractivity contribution in [3.05, 3.63) is 65.2 Å². The molecule has 1 amide bonds. The van der Waals surface area contributed by atoms with Crippen molar-refractivity contribution in [2.24, 2.45) is 0 Å². The second-order valence-corrected chi connectivity index (χ2v) is 8.95. The van der Waals surface area contributed by atoms with Crippen molar-refractivity contribution in [2.75, 3.05) is 18.8 Å². The molecule has 0 aromatic heterocycles. The number of carbonyl (C=O) groups is 1. The van der Waals surface area contributed by atoms with E-state index in [1.165, 1.54) is 5.56 Å². The molecule has 6 heteroatoms. The number of aliphatic hydroxyl groups is 1. The summed E-state index contributed by atoms with van der Waals surface area (Å²) in [4.78, 5) is 14.0. The first-order valence-electron chi connectivity index (χ1n) is 10.5. The average molecular weight is 412 g/mol. The Hall–Kier alpha value is -2.57. The van der Waals surface area contributed by atoms with E-state index in [1.807, 2.05) is 57.2 Å². The number of nitrogen functional groups attached to an aromatic ring is 1. The van der Waals surface area contributed by atoms with E-state index in [4.69, 9.17) is 10.5 Å². The van der Waals surface area contributed by atoms with E-state index in [0.717, 1.165) is 37.1 Å². The van der Waals surface area contributed by atoms with Gasteiger partial charge < -0.3 is 20.9 Å². The van der Waals surface area contributed by atoms with Crippen LogP contribution in [0.5, 0.6) is 0 Å². The number of carbonyl (C=O) groups excluding carboxylic acids is 1. The maximum Gasteiger partial charge on any atom is 0.407 e. The van der Waals surface area contributed by atoms with Gasteiger partial charge in [-0.05, 0) is 68.4 Å². The number of amides is 1. The summed E-state index contributed by atoms with van der Waals surface area (Å²) in [5.74, 6) is 0.441. The average Bonchev–Trinajstić information content (AvgIpc) is 2.71. The number of hydrogen-bond acceptors (Lipinski definition) is 5. The highest BCUT2D eigenvalue weighted by molar-refractivity contribution is 5.67. The highest BCUT2D eigenvalue weighted by Gasteiger charge is 2.26. The Kier molecular flexibility index (Phi) is 7.00. The SMILES string of the molecule is CC(C)(C)OC(=O)NCc1cccc(C2CCN(C(O)c3cccc(N)c3)CC2)c1. The Balaban J connectivity index is 1.54. The Labute approximate surface area is 179 Å². The predicted molar refractivity (Wildman–Crippen MR) is 119 cm³/mol. The van der Waals surface area contributed by atoms with Crippen molar-refractivity contribution in [3.8, 4) is 0 Å². The van der Waals surface area contributed by atoms with Crippen LogP contribution in [-0.4, -0.2) is 34.8 Å². The maximum absolute atomic E-state index is 11.9. The maximum atomic E-state index is 11.9. The van der Waals surface area contributed by atoms with Crippen LogP contribution in [-0.2, 0) is 11.3 Å². The third kappa shape index (κ3) is 6.21. The van der Waals surface area contributed by atoms with Crippen LogP contribution in [0.15, 0.2) is 48.5 Å². The van der Waals surface area contributed by atoms with Crippen molar-refractivity contribution in [2.45, 2.75) is 57.9 Å². The van der Waals surface area contributed by atoms with Crippen molar-refractivity contribution in [3.63, 3.8) is 0 Å². The van der Waals surface area contributed by atoms with Crippen LogP contribution >= 0.6 is 0 Å². The van der Waals surface area contributed by atoms with E-state index >= 15 is 0 Å². The number of nitrogens with two attached hydrogens (primary N) is 1. The summed E-state index contributed by atoms with van der Waals surface area (Å²) in [5, 5.41) is 13.5. The minimum Gasteiger partial charge on any atom is -0.444 e. The van der Waals surface area contributed by atoms with Gasteiger partial charge in [0.05, 0.1) is 0 Å². The lowest BCUT2D eigenvalue weighted by Crippen LogP contribution is -2.36. The summed E-state index contributed by atoms with van der Waals surface area (Å²) in [6, 6.07) is 15.8. The second-order valence-electron chi connectivity index (χ2n) is 8.95. The van der Waals surface area contributed by atoms with Crippen LogP contribution in [0.3, 0.4) is 0 Å². The van der Waals surface area contributed by atoms with Gasteiger partial charge in [-0.2, -0.15) is 0 Å². The van der Waals surface area contributed by atoms with Crippen LogP contribution in [0.25, 0.3) is 0 Å². The first-order chi connectivity index (χ1) is 14.2. The molecule has 1 aliphatic rings.